The van der Waals surface area contributed by atoms with Crippen molar-refractivity contribution in [2.75, 3.05) is 19.8 Å². The lowest BCUT2D eigenvalue weighted by molar-refractivity contribution is -0.163. The Bertz CT molecular complexity index is 1250. The summed E-state index contributed by atoms with van der Waals surface area (Å²) >= 11 is 0. The monoisotopic (exact) mass is 859 g/mol. The highest BCUT2D eigenvalue weighted by Crippen LogP contribution is 2.13. The summed E-state index contributed by atoms with van der Waals surface area (Å²) in [7, 11) is 0. The summed E-state index contributed by atoms with van der Waals surface area (Å²) in [5.74, 6) is -0.495. The average Bonchev–Trinajstić information content (AvgIpc) is 3.27. The summed E-state index contributed by atoms with van der Waals surface area (Å²) < 4.78 is 17.3. The van der Waals surface area contributed by atoms with E-state index in [-0.39, 0.29) is 25.2 Å². The summed E-state index contributed by atoms with van der Waals surface area (Å²) in [6, 6.07) is 0. The number of allylic oxidation sites excluding steroid dienone is 18. The van der Waals surface area contributed by atoms with E-state index in [0.717, 1.165) is 116 Å². The van der Waals surface area contributed by atoms with Gasteiger partial charge in [-0.2, -0.15) is 0 Å². The van der Waals surface area contributed by atoms with Gasteiger partial charge in [-0.3, -0.25) is 9.59 Å². The summed E-state index contributed by atoms with van der Waals surface area (Å²) in [6.45, 7) is 7.51. The number of unbranched alkanes of at least 4 members (excludes halogenated alkanes) is 16. The smallest absolute Gasteiger partial charge is 0.306 e. The third-order valence-corrected chi connectivity index (χ3v) is 10.3. The Labute approximate surface area is 383 Å². The van der Waals surface area contributed by atoms with Crippen LogP contribution in [0.3, 0.4) is 0 Å². The van der Waals surface area contributed by atoms with Crippen molar-refractivity contribution in [3.05, 3.63) is 109 Å². The zero-order chi connectivity index (χ0) is 44.9. The molecule has 0 spiro atoms. The van der Waals surface area contributed by atoms with E-state index in [1.54, 1.807) is 0 Å². The largest absolute Gasteiger partial charge is 0.462 e. The minimum absolute atomic E-state index is 0.0412. The maximum Gasteiger partial charge on any atom is 0.306 e. The highest BCUT2D eigenvalue weighted by molar-refractivity contribution is 5.70. The van der Waals surface area contributed by atoms with Gasteiger partial charge in [-0.1, -0.05) is 214 Å². The first kappa shape index (κ1) is 58.6. The van der Waals surface area contributed by atoms with Crippen LogP contribution in [-0.4, -0.2) is 37.9 Å². The zero-order valence-electron chi connectivity index (χ0n) is 40.3. The number of hydrogen-bond donors (Lipinski definition) is 0. The second-order valence-electron chi connectivity index (χ2n) is 16.3. The maximum absolute atomic E-state index is 12.8. The van der Waals surface area contributed by atoms with Crippen LogP contribution >= 0.6 is 0 Å². The Hall–Kier alpha value is -3.44. The molecule has 0 saturated heterocycles. The lowest BCUT2D eigenvalue weighted by atomic mass is 10.1. The number of esters is 2. The average molecular weight is 859 g/mol. The highest BCUT2D eigenvalue weighted by Gasteiger charge is 2.17. The predicted octanol–water partition coefficient (Wildman–Crippen LogP) is 17.2. The summed E-state index contributed by atoms with van der Waals surface area (Å²) in [5, 5.41) is 0. The molecular formula is C57H94O5. The standard InChI is InChI=1S/C57H94O5/c1-4-7-10-13-16-19-22-25-27-29-31-33-35-38-41-44-47-50-56(58)61-54-55(53-60-52-49-46-43-40-37-24-21-18-15-12-9-6-3)62-57(59)51-48-45-42-39-36-34-32-30-28-26-23-20-17-14-11-8-5-2/h7-8,10-11,16-17,19-20,25-28,31-34,38,41,55H,4-6,9,12-15,18,21-24,29-30,35-37,39-40,42-54H2,1-3H3/b10-7-,11-8-,19-16-,20-17-,27-25-,28-26-,33-31-,34-32-,41-38-. The molecule has 0 rings (SSSR count). The van der Waals surface area contributed by atoms with Gasteiger partial charge in [0.1, 0.15) is 6.61 Å². The molecule has 0 fully saturated rings. The Balaban J connectivity index is 4.42. The summed E-state index contributed by atoms with van der Waals surface area (Å²) in [4.78, 5) is 25.4. The first-order chi connectivity index (χ1) is 30.6. The lowest BCUT2D eigenvalue weighted by Crippen LogP contribution is -2.30. The van der Waals surface area contributed by atoms with E-state index < -0.39 is 6.10 Å². The molecule has 0 N–H and O–H groups in total. The second-order valence-corrected chi connectivity index (χ2v) is 16.3. The van der Waals surface area contributed by atoms with Crippen molar-refractivity contribution >= 4 is 11.9 Å². The molecule has 0 saturated carbocycles. The molecule has 0 aromatic carbocycles. The molecule has 0 aliphatic carbocycles. The van der Waals surface area contributed by atoms with Crippen molar-refractivity contribution in [2.45, 2.75) is 219 Å². The summed E-state index contributed by atoms with van der Waals surface area (Å²) in [5.41, 5.74) is 0. The van der Waals surface area contributed by atoms with E-state index in [1.165, 1.54) is 64.2 Å². The number of rotatable bonds is 45. The molecule has 0 heterocycles. The van der Waals surface area contributed by atoms with Gasteiger partial charge < -0.3 is 14.2 Å². The van der Waals surface area contributed by atoms with Gasteiger partial charge in [0.15, 0.2) is 6.10 Å². The van der Waals surface area contributed by atoms with Gasteiger partial charge in [-0.25, -0.2) is 0 Å². The van der Waals surface area contributed by atoms with Gasteiger partial charge in [-0.15, -0.1) is 0 Å². The van der Waals surface area contributed by atoms with Crippen LogP contribution in [0.5, 0.6) is 0 Å². The first-order valence-corrected chi connectivity index (χ1v) is 25.4. The third-order valence-electron chi connectivity index (χ3n) is 10.3. The normalized spacial score (nSPS) is 13.1. The highest BCUT2D eigenvalue weighted by atomic mass is 16.6. The van der Waals surface area contributed by atoms with Crippen LogP contribution < -0.4 is 0 Å². The minimum Gasteiger partial charge on any atom is -0.462 e. The molecule has 5 nitrogen and oxygen atoms in total. The second kappa shape index (κ2) is 51.9. The van der Waals surface area contributed by atoms with Crippen LogP contribution in [0.2, 0.25) is 0 Å². The molecule has 62 heavy (non-hydrogen) atoms. The Kier molecular flexibility index (Phi) is 49.0. The molecule has 0 aromatic heterocycles. The first-order valence-electron chi connectivity index (χ1n) is 25.4. The van der Waals surface area contributed by atoms with Crippen LogP contribution in [0.25, 0.3) is 0 Å². The van der Waals surface area contributed by atoms with Crippen LogP contribution in [0.1, 0.15) is 213 Å². The zero-order valence-corrected chi connectivity index (χ0v) is 40.3. The lowest BCUT2D eigenvalue weighted by Gasteiger charge is -2.18. The van der Waals surface area contributed by atoms with Crippen molar-refractivity contribution in [3.63, 3.8) is 0 Å². The van der Waals surface area contributed by atoms with Gasteiger partial charge in [0, 0.05) is 19.4 Å². The van der Waals surface area contributed by atoms with Gasteiger partial charge >= 0.3 is 11.9 Å². The number of ether oxygens (including phenoxy) is 3. The molecule has 0 aliphatic heterocycles. The Morgan fingerprint density at radius 3 is 1.21 bits per heavy atom. The van der Waals surface area contributed by atoms with E-state index in [2.05, 4.69) is 130 Å². The molecule has 0 aromatic rings. The molecule has 1 atom stereocenters. The molecule has 0 radical (unpaired) electrons. The Morgan fingerprint density at radius 2 is 0.742 bits per heavy atom. The van der Waals surface area contributed by atoms with Crippen molar-refractivity contribution in [2.24, 2.45) is 0 Å². The van der Waals surface area contributed by atoms with Crippen molar-refractivity contribution in [3.8, 4) is 0 Å². The van der Waals surface area contributed by atoms with Crippen LogP contribution in [0, 0.1) is 0 Å². The molecule has 0 bridgehead atoms. The van der Waals surface area contributed by atoms with Crippen molar-refractivity contribution in [1.82, 2.24) is 0 Å². The fraction of sp³-hybridized carbons (Fsp3) is 0.649. The Morgan fingerprint density at radius 1 is 0.371 bits per heavy atom. The SMILES string of the molecule is CC/C=C\C/C=C\C/C=C\C/C=C\C/C=C\CCCC(=O)OCC(COCCCCCCCCCCCCCC)OC(=O)CCCCCC/C=C\C/C=C\C/C=C\C/C=C\CC. The fourth-order valence-electron chi connectivity index (χ4n) is 6.59. The molecule has 1 unspecified atom stereocenters. The van der Waals surface area contributed by atoms with Gasteiger partial charge in [-0.05, 0) is 96.3 Å². The van der Waals surface area contributed by atoms with Gasteiger partial charge in [0.05, 0.1) is 6.61 Å². The topological polar surface area (TPSA) is 61.8 Å². The predicted molar refractivity (Wildman–Crippen MR) is 269 cm³/mol. The van der Waals surface area contributed by atoms with Crippen molar-refractivity contribution < 1.29 is 23.8 Å². The third kappa shape index (κ3) is 49.2. The van der Waals surface area contributed by atoms with E-state index in [1.807, 2.05) is 0 Å². The number of carbonyl (C=O) groups excluding carboxylic acids is 2. The van der Waals surface area contributed by atoms with Crippen LogP contribution in [-0.2, 0) is 23.8 Å². The van der Waals surface area contributed by atoms with E-state index in [0.29, 0.717) is 19.4 Å². The minimum atomic E-state index is -0.576. The quantitative estimate of drug-likeness (QED) is 0.0347. The van der Waals surface area contributed by atoms with Crippen LogP contribution in [0.15, 0.2) is 109 Å². The molecule has 352 valence electrons. The van der Waals surface area contributed by atoms with E-state index in [9.17, 15) is 9.59 Å². The van der Waals surface area contributed by atoms with E-state index in [4.69, 9.17) is 14.2 Å². The maximum atomic E-state index is 12.8. The van der Waals surface area contributed by atoms with Gasteiger partial charge in [0.25, 0.3) is 0 Å². The fourth-order valence-corrected chi connectivity index (χ4v) is 6.59. The van der Waals surface area contributed by atoms with E-state index >= 15 is 0 Å². The molecule has 0 aliphatic rings. The number of carbonyl (C=O) groups is 2. The number of hydrogen-bond acceptors (Lipinski definition) is 5. The molecule has 5 heteroatoms. The van der Waals surface area contributed by atoms with Crippen LogP contribution in [0.4, 0.5) is 0 Å². The molecular weight excluding hydrogens is 765 g/mol. The summed E-state index contributed by atoms with van der Waals surface area (Å²) in [6.07, 6.45) is 71.0. The molecule has 0 amide bonds. The van der Waals surface area contributed by atoms with Gasteiger partial charge in [0.2, 0.25) is 0 Å². The van der Waals surface area contributed by atoms with Crippen molar-refractivity contribution in [1.29, 1.82) is 0 Å².